The number of nitrogens with two attached hydrogens (primary N) is 1. The molecule has 6 heteroatoms. The van der Waals surface area contributed by atoms with Gasteiger partial charge in [-0.3, -0.25) is 14.9 Å². The highest BCUT2D eigenvalue weighted by Gasteiger charge is 2.51. The zero-order chi connectivity index (χ0) is 11.9. The van der Waals surface area contributed by atoms with E-state index in [1.807, 2.05) is 18.7 Å². The molecule has 0 aromatic rings. The van der Waals surface area contributed by atoms with Gasteiger partial charge in [0.2, 0.25) is 11.8 Å². The van der Waals surface area contributed by atoms with Gasteiger partial charge in [0.25, 0.3) is 0 Å². The predicted molar refractivity (Wildman–Crippen MR) is 62.7 cm³/mol. The molecule has 0 saturated carbocycles. The summed E-state index contributed by atoms with van der Waals surface area (Å²) < 4.78 is 0. The Morgan fingerprint density at radius 2 is 2.12 bits per heavy atom. The highest BCUT2D eigenvalue weighted by molar-refractivity contribution is 8.01. The summed E-state index contributed by atoms with van der Waals surface area (Å²) in [6, 6.07) is -0.249. The van der Waals surface area contributed by atoms with Crippen molar-refractivity contribution < 1.29 is 9.59 Å². The van der Waals surface area contributed by atoms with Gasteiger partial charge in [-0.2, -0.15) is 0 Å². The van der Waals surface area contributed by atoms with E-state index in [-0.39, 0.29) is 28.6 Å². The van der Waals surface area contributed by atoms with Crippen molar-refractivity contribution in [2.24, 2.45) is 11.7 Å². The van der Waals surface area contributed by atoms with E-state index in [2.05, 4.69) is 5.32 Å². The predicted octanol–water partition coefficient (Wildman–Crippen LogP) is -0.629. The summed E-state index contributed by atoms with van der Waals surface area (Å²) >= 11 is 1.69. The average Bonchev–Trinajstić information content (AvgIpc) is 2.58. The van der Waals surface area contributed by atoms with Gasteiger partial charge in [-0.05, 0) is 0 Å². The van der Waals surface area contributed by atoms with E-state index in [1.54, 1.807) is 11.8 Å². The molecule has 1 spiro atoms. The summed E-state index contributed by atoms with van der Waals surface area (Å²) in [7, 11) is 0. The SMILES string of the molecule is CC(C)C(=O)N1CC2(C1)N[C@H](C(N)=O)CS2. The molecule has 2 heterocycles. The van der Waals surface area contributed by atoms with Gasteiger partial charge in [0, 0.05) is 11.7 Å². The van der Waals surface area contributed by atoms with E-state index in [4.69, 9.17) is 5.73 Å². The third-order valence-corrected chi connectivity index (χ3v) is 4.43. The van der Waals surface area contributed by atoms with Gasteiger partial charge < -0.3 is 10.6 Å². The second-order valence-corrected chi connectivity index (χ2v) is 6.16. The maximum absolute atomic E-state index is 11.7. The van der Waals surface area contributed by atoms with Crippen LogP contribution in [0.2, 0.25) is 0 Å². The zero-order valence-electron chi connectivity index (χ0n) is 9.53. The first-order valence-corrected chi connectivity index (χ1v) is 6.42. The van der Waals surface area contributed by atoms with Crippen LogP contribution in [0.25, 0.3) is 0 Å². The number of carbonyl (C=O) groups excluding carboxylic acids is 2. The van der Waals surface area contributed by atoms with Crippen molar-refractivity contribution in [2.45, 2.75) is 24.8 Å². The van der Waals surface area contributed by atoms with Crippen LogP contribution in [-0.4, -0.2) is 46.5 Å². The molecule has 2 aliphatic rings. The molecule has 16 heavy (non-hydrogen) atoms. The highest BCUT2D eigenvalue weighted by Crippen LogP contribution is 2.38. The first-order valence-electron chi connectivity index (χ1n) is 5.43. The Labute approximate surface area is 99.1 Å². The average molecular weight is 243 g/mol. The zero-order valence-corrected chi connectivity index (χ0v) is 10.3. The summed E-state index contributed by atoms with van der Waals surface area (Å²) in [6.07, 6.45) is 0. The van der Waals surface area contributed by atoms with Gasteiger partial charge in [-0.25, -0.2) is 0 Å². The summed E-state index contributed by atoms with van der Waals surface area (Å²) in [5.41, 5.74) is 5.25. The fraction of sp³-hybridized carbons (Fsp3) is 0.800. The van der Waals surface area contributed by atoms with Crippen molar-refractivity contribution in [2.75, 3.05) is 18.8 Å². The Bertz CT molecular complexity index is 326. The van der Waals surface area contributed by atoms with Crippen molar-refractivity contribution in [3.8, 4) is 0 Å². The monoisotopic (exact) mass is 243 g/mol. The molecule has 90 valence electrons. The lowest BCUT2D eigenvalue weighted by Gasteiger charge is -2.48. The van der Waals surface area contributed by atoms with E-state index in [0.717, 1.165) is 0 Å². The Hall–Kier alpha value is -0.750. The van der Waals surface area contributed by atoms with Crippen LogP contribution in [0.1, 0.15) is 13.8 Å². The lowest BCUT2D eigenvalue weighted by molar-refractivity contribution is -0.140. The van der Waals surface area contributed by atoms with E-state index in [0.29, 0.717) is 18.8 Å². The number of rotatable bonds is 2. The van der Waals surface area contributed by atoms with E-state index in [1.165, 1.54) is 0 Å². The Morgan fingerprint density at radius 3 is 2.56 bits per heavy atom. The number of likely N-dealkylation sites (tertiary alicyclic amines) is 1. The van der Waals surface area contributed by atoms with Crippen LogP contribution in [0, 0.1) is 5.92 Å². The number of thioether (sulfide) groups is 1. The molecule has 2 fully saturated rings. The normalized spacial score (nSPS) is 27.2. The highest BCUT2D eigenvalue weighted by atomic mass is 32.2. The van der Waals surface area contributed by atoms with Crippen LogP contribution in [-0.2, 0) is 9.59 Å². The molecular formula is C10H17N3O2S. The molecule has 2 aliphatic heterocycles. The molecule has 0 aliphatic carbocycles. The summed E-state index contributed by atoms with van der Waals surface area (Å²) in [5, 5.41) is 3.22. The summed E-state index contributed by atoms with van der Waals surface area (Å²) in [6.45, 7) is 5.15. The van der Waals surface area contributed by atoms with Gasteiger partial charge in [-0.15, -0.1) is 11.8 Å². The van der Waals surface area contributed by atoms with Crippen molar-refractivity contribution in [3.05, 3.63) is 0 Å². The Kier molecular flexibility index (Phi) is 2.88. The minimum atomic E-state index is -0.307. The molecule has 0 radical (unpaired) electrons. The van der Waals surface area contributed by atoms with Crippen molar-refractivity contribution in [1.82, 2.24) is 10.2 Å². The Morgan fingerprint density at radius 1 is 1.50 bits per heavy atom. The molecule has 0 aromatic carbocycles. The molecular weight excluding hydrogens is 226 g/mol. The molecule has 1 atom stereocenters. The van der Waals surface area contributed by atoms with Crippen molar-refractivity contribution in [3.63, 3.8) is 0 Å². The summed E-state index contributed by atoms with van der Waals surface area (Å²) in [4.78, 5) is 24.4. The van der Waals surface area contributed by atoms with Gasteiger partial charge in [-0.1, -0.05) is 13.8 Å². The molecule has 3 N–H and O–H groups in total. The van der Waals surface area contributed by atoms with Gasteiger partial charge >= 0.3 is 0 Å². The van der Waals surface area contributed by atoms with Crippen LogP contribution in [0.3, 0.4) is 0 Å². The van der Waals surface area contributed by atoms with Crippen molar-refractivity contribution in [1.29, 1.82) is 0 Å². The minimum Gasteiger partial charge on any atom is -0.368 e. The standard InChI is InChI=1S/C10H17N3O2S/c1-6(2)9(15)13-4-10(5-13)12-7(3-16-10)8(11)14/h6-7,12H,3-5H2,1-2H3,(H2,11,14)/t7-/m0/s1. The van der Waals surface area contributed by atoms with Gasteiger partial charge in [0.05, 0.1) is 19.1 Å². The largest absolute Gasteiger partial charge is 0.368 e. The fourth-order valence-corrected chi connectivity index (χ4v) is 3.52. The molecule has 0 unspecified atom stereocenters. The lowest BCUT2D eigenvalue weighted by Crippen LogP contribution is -2.68. The second-order valence-electron chi connectivity index (χ2n) is 4.75. The first kappa shape index (κ1) is 11.7. The smallest absolute Gasteiger partial charge is 0.235 e. The number of hydrogen-bond acceptors (Lipinski definition) is 4. The van der Waals surface area contributed by atoms with Crippen LogP contribution >= 0.6 is 11.8 Å². The number of nitrogens with zero attached hydrogens (tertiary/aromatic N) is 1. The van der Waals surface area contributed by atoms with Gasteiger partial charge in [0.1, 0.15) is 4.87 Å². The second kappa shape index (κ2) is 3.92. The number of hydrogen-bond donors (Lipinski definition) is 2. The molecule has 0 bridgehead atoms. The van der Waals surface area contributed by atoms with E-state index in [9.17, 15) is 9.59 Å². The summed E-state index contributed by atoms with van der Waals surface area (Å²) in [5.74, 6) is 0.614. The molecule has 0 aromatic heterocycles. The van der Waals surface area contributed by atoms with Crippen LogP contribution in [0.5, 0.6) is 0 Å². The third kappa shape index (κ3) is 1.91. The number of amides is 2. The number of nitrogens with one attached hydrogen (secondary N) is 1. The van der Waals surface area contributed by atoms with E-state index >= 15 is 0 Å². The maximum atomic E-state index is 11.7. The lowest BCUT2D eigenvalue weighted by atomic mass is 10.0. The van der Waals surface area contributed by atoms with Crippen LogP contribution < -0.4 is 11.1 Å². The minimum absolute atomic E-state index is 0.0377. The van der Waals surface area contributed by atoms with Crippen molar-refractivity contribution >= 4 is 23.6 Å². The molecule has 2 saturated heterocycles. The van der Waals surface area contributed by atoms with Crippen LogP contribution in [0.4, 0.5) is 0 Å². The van der Waals surface area contributed by atoms with Gasteiger partial charge in [0.15, 0.2) is 0 Å². The molecule has 2 rings (SSSR count). The quantitative estimate of drug-likeness (QED) is 0.677. The number of primary amides is 1. The van der Waals surface area contributed by atoms with Crippen LogP contribution in [0.15, 0.2) is 0 Å². The third-order valence-electron chi connectivity index (χ3n) is 3.01. The van der Waals surface area contributed by atoms with E-state index < -0.39 is 0 Å². The fourth-order valence-electron chi connectivity index (χ4n) is 2.07. The Balaban J connectivity index is 1.88. The molecule has 2 amide bonds. The number of carbonyl (C=O) groups is 2. The maximum Gasteiger partial charge on any atom is 0.235 e. The topological polar surface area (TPSA) is 75.4 Å². The first-order chi connectivity index (χ1) is 7.43. The molecule has 5 nitrogen and oxygen atoms in total.